The zero-order chi connectivity index (χ0) is 25.9. The number of benzene rings is 2. The summed E-state index contributed by atoms with van der Waals surface area (Å²) in [5, 5.41) is 5.53. The van der Waals surface area contributed by atoms with E-state index in [-0.39, 0.29) is 6.01 Å². The fourth-order valence-electron chi connectivity index (χ4n) is 4.69. The summed E-state index contributed by atoms with van der Waals surface area (Å²) in [5.74, 6) is 0.465. The molecule has 0 saturated heterocycles. The molecule has 0 unspecified atom stereocenters. The van der Waals surface area contributed by atoms with Crippen molar-refractivity contribution >= 4 is 46.0 Å². The number of nitrogens with zero attached hydrogens (tertiary/aromatic N) is 3. The molecule has 9 heteroatoms. The molecule has 7 nitrogen and oxygen atoms in total. The van der Waals surface area contributed by atoms with Crippen molar-refractivity contribution in [2.24, 2.45) is 0 Å². The molecule has 0 bridgehead atoms. The summed E-state index contributed by atoms with van der Waals surface area (Å²) in [7, 11) is 3.14. The Morgan fingerprint density at radius 2 is 1.79 bits per heavy atom. The lowest BCUT2D eigenvalue weighted by molar-refractivity contribution is 0.353. The molecule has 2 aromatic heterocycles. The molecule has 2 aliphatic carbocycles. The number of rotatable bonds is 10. The highest BCUT2D eigenvalue weighted by Crippen LogP contribution is 2.40. The molecule has 6 rings (SSSR count). The van der Waals surface area contributed by atoms with Crippen LogP contribution in [-0.4, -0.2) is 40.5 Å². The van der Waals surface area contributed by atoms with Crippen LogP contribution in [0.3, 0.4) is 0 Å². The number of hydrogen-bond donors (Lipinski definition) is 2. The fraction of sp³-hybridized carbons (Fsp3) is 0.345. The predicted molar refractivity (Wildman–Crippen MR) is 156 cm³/mol. The van der Waals surface area contributed by atoms with Gasteiger partial charge in [0.15, 0.2) is 0 Å². The van der Waals surface area contributed by atoms with Gasteiger partial charge in [-0.15, -0.1) is 11.8 Å². The minimum absolute atomic E-state index is 0.272. The van der Waals surface area contributed by atoms with Crippen LogP contribution < -0.4 is 19.5 Å². The van der Waals surface area contributed by atoms with Gasteiger partial charge in [-0.3, -0.25) is 9.71 Å². The van der Waals surface area contributed by atoms with Crippen molar-refractivity contribution in [2.45, 2.75) is 59.6 Å². The summed E-state index contributed by atoms with van der Waals surface area (Å²) in [4.78, 5) is 15.9. The van der Waals surface area contributed by atoms with Crippen LogP contribution in [0, 0.1) is 0 Å². The summed E-state index contributed by atoms with van der Waals surface area (Å²) in [6.07, 6.45) is 11.5. The highest BCUT2D eigenvalue weighted by atomic mass is 32.2. The zero-order valence-electron chi connectivity index (χ0n) is 21.6. The maximum absolute atomic E-state index is 5.52. The van der Waals surface area contributed by atoms with Gasteiger partial charge >= 0.3 is 6.01 Å². The summed E-state index contributed by atoms with van der Waals surface area (Å²) >= 11 is 3.67. The van der Waals surface area contributed by atoms with Crippen molar-refractivity contribution in [2.75, 3.05) is 19.5 Å². The molecular weight excluding hydrogens is 514 g/mol. The van der Waals surface area contributed by atoms with Gasteiger partial charge in [0.05, 0.1) is 35.9 Å². The Bertz CT molecular complexity index is 1440. The minimum Gasteiger partial charge on any atom is -0.480 e. The molecule has 2 N–H and O–H groups in total. The number of thioether (sulfide) groups is 1. The Morgan fingerprint density at radius 1 is 0.921 bits per heavy atom. The molecule has 0 atom stereocenters. The standard InChI is InChI=1S/C29H31N5O2S2/c1-35-28-24(16-31-29(33-28)36-2)18-10-13-23-25(14-18)30-17-26(38-34-19-11-12-19)27(23)32-20-6-5-9-22(15-20)37-21-7-3-4-8-21/h5-6,9-10,13-17,19,21,34H,3-4,7-8,11-12H2,1-2H3,(H,30,32). The SMILES string of the molecule is COc1ncc(-c2ccc3c(Nc4cccc(SC5CCCC5)c4)c(SNC4CC4)cnc3c2)c(OC)n1. The van der Waals surface area contributed by atoms with Crippen molar-refractivity contribution in [1.29, 1.82) is 0 Å². The number of anilines is 2. The normalized spacial score (nSPS) is 15.6. The van der Waals surface area contributed by atoms with E-state index < -0.39 is 0 Å². The van der Waals surface area contributed by atoms with E-state index >= 15 is 0 Å². The lowest BCUT2D eigenvalue weighted by Gasteiger charge is -2.17. The Hall–Kier alpha value is -3.01. The second kappa shape index (κ2) is 11.4. The molecule has 2 heterocycles. The average molecular weight is 546 g/mol. The maximum Gasteiger partial charge on any atom is 0.319 e. The van der Waals surface area contributed by atoms with Gasteiger partial charge in [-0.05, 0) is 67.5 Å². The molecule has 2 saturated carbocycles. The van der Waals surface area contributed by atoms with Crippen LogP contribution in [-0.2, 0) is 0 Å². The van der Waals surface area contributed by atoms with Crippen LogP contribution in [0.2, 0.25) is 0 Å². The molecule has 0 radical (unpaired) electrons. The minimum atomic E-state index is 0.272. The monoisotopic (exact) mass is 545 g/mol. The third-order valence-electron chi connectivity index (χ3n) is 6.87. The van der Waals surface area contributed by atoms with E-state index in [0.29, 0.717) is 11.9 Å². The molecule has 2 aliphatic rings. The molecular formula is C29H31N5O2S2. The quantitative estimate of drug-likeness (QED) is 0.200. The number of methoxy groups -OCH3 is 2. The van der Waals surface area contributed by atoms with E-state index in [0.717, 1.165) is 43.6 Å². The van der Waals surface area contributed by atoms with Crippen molar-refractivity contribution in [3.63, 3.8) is 0 Å². The zero-order valence-corrected chi connectivity index (χ0v) is 23.2. The topological polar surface area (TPSA) is 81.2 Å². The lowest BCUT2D eigenvalue weighted by atomic mass is 10.0. The summed E-state index contributed by atoms with van der Waals surface area (Å²) in [6.45, 7) is 0. The predicted octanol–water partition coefficient (Wildman–Crippen LogP) is 7.25. The Labute approximate surface area is 231 Å². The summed E-state index contributed by atoms with van der Waals surface area (Å²) in [5.41, 5.74) is 4.75. The Kier molecular flexibility index (Phi) is 7.58. The first-order valence-corrected chi connectivity index (χ1v) is 14.7. The number of aromatic nitrogens is 3. The van der Waals surface area contributed by atoms with Crippen LogP contribution in [0.15, 0.2) is 64.6 Å². The third kappa shape index (κ3) is 5.70. The Morgan fingerprint density at radius 3 is 2.58 bits per heavy atom. The first kappa shape index (κ1) is 25.3. The second-order valence-electron chi connectivity index (χ2n) is 9.68. The maximum atomic E-state index is 5.52. The largest absolute Gasteiger partial charge is 0.480 e. The number of fused-ring (bicyclic) bond motifs is 1. The van der Waals surface area contributed by atoms with Crippen molar-refractivity contribution in [1.82, 2.24) is 19.7 Å². The van der Waals surface area contributed by atoms with E-state index in [1.54, 1.807) is 32.4 Å². The van der Waals surface area contributed by atoms with Gasteiger partial charge in [0.1, 0.15) is 0 Å². The number of ether oxygens (including phenoxy) is 2. The summed E-state index contributed by atoms with van der Waals surface area (Å²) in [6, 6.07) is 15.9. The molecule has 196 valence electrons. The molecule has 0 spiro atoms. The van der Waals surface area contributed by atoms with Crippen LogP contribution in [0.5, 0.6) is 11.9 Å². The number of hydrogen-bond acceptors (Lipinski definition) is 9. The molecule has 2 aromatic carbocycles. The van der Waals surface area contributed by atoms with Gasteiger partial charge in [-0.1, -0.05) is 31.0 Å². The molecule has 0 amide bonds. The number of nitrogens with one attached hydrogen (secondary N) is 2. The van der Waals surface area contributed by atoms with Gasteiger partial charge in [-0.25, -0.2) is 4.98 Å². The van der Waals surface area contributed by atoms with Crippen LogP contribution in [0.25, 0.3) is 22.0 Å². The molecule has 2 fully saturated rings. The van der Waals surface area contributed by atoms with Gasteiger partial charge in [0, 0.05) is 39.7 Å². The first-order valence-electron chi connectivity index (χ1n) is 13.0. The lowest BCUT2D eigenvalue weighted by Crippen LogP contribution is -2.06. The highest BCUT2D eigenvalue weighted by Gasteiger charge is 2.22. The van der Waals surface area contributed by atoms with Gasteiger partial charge < -0.3 is 14.8 Å². The Balaban J connectivity index is 1.35. The van der Waals surface area contributed by atoms with Crippen molar-refractivity contribution in [3.05, 3.63) is 54.9 Å². The average Bonchev–Trinajstić information content (AvgIpc) is 3.65. The first-order chi connectivity index (χ1) is 18.7. The van der Waals surface area contributed by atoms with Crippen LogP contribution >= 0.6 is 23.7 Å². The van der Waals surface area contributed by atoms with Crippen LogP contribution in [0.1, 0.15) is 38.5 Å². The molecule has 38 heavy (non-hydrogen) atoms. The smallest absolute Gasteiger partial charge is 0.319 e. The highest BCUT2D eigenvalue weighted by molar-refractivity contribution is 8.00. The van der Waals surface area contributed by atoms with Gasteiger partial charge in [0.25, 0.3) is 0 Å². The van der Waals surface area contributed by atoms with Crippen molar-refractivity contribution < 1.29 is 9.47 Å². The molecule has 0 aliphatic heterocycles. The van der Waals surface area contributed by atoms with Gasteiger partial charge in [-0.2, -0.15) is 4.98 Å². The van der Waals surface area contributed by atoms with Gasteiger partial charge in [0.2, 0.25) is 5.88 Å². The van der Waals surface area contributed by atoms with E-state index in [1.807, 2.05) is 18.0 Å². The van der Waals surface area contributed by atoms with E-state index in [2.05, 4.69) is 62.5 Å². The van der Waals surface area contributed by atoms with E-state index in [4.69, 9.17) is 14.5 Å². The van der Waals surface area contributed by atoms with E-state index in [1.165, 1.54) is 43.4 Å². The van der Waals surface area contributed by atoms with Crippen LogP contribution in [0.4, 0.5) is 11.4 Å². The fourth-order valence-corrected chi connectivity index (χ4v) is 6.89. The third-order valence-corrected chi connectivity index (χ3v) is 9.19. The van der Waals surface area contributed by atoms with Crippen molar-refractivity contribution in [3.8, 4) is 23.0 Å². The second-order valence-corrected chi connectivity index (χ2v) is 11.9. The summed E-state index contributed by atoms with van der Waals surface area (Å²) < 4.78 is 14.3. The van der Waals surface area contributed by atoms with E-state index in [9.17, 15) is 0 Å². The number of pyridine rings is 1. The molecule has 4 aromatic rings.